The van der Waals surface area contributed by atoms with Crippen LogP contribution in [-0.2, 0) is 6.54 Å². The van der Waals surface area contributed by atoms with Gasteiger partial charge < -0.3 is 10.2 Å². The molecule has 0 radical (unpaired) electrons. The minimum Gasteiger partial charge on any atom is -0.334 e. The van der Waals surface area contributed by atoms with Crippen LogP contribution in [0.4, 0.5) is 18.0 Å². The SMILES string of the molecule is O=C(NCc1ccc(F)cc1)N1CCSC(c2cc(F)ccc2F)CC1. The van der Waals surface area contributed by atoms with Crippen molar-refractivity contribution in [3.8, 4) is 0 Å². The molecule has 3 nitrogen and oxygen atoms in total. The van der Waals surface area contributed by atoms with Crippen LogP contribution in [0.5, 0.6) is 0 Å². The number of carbonyl (C=O) groups is 1. The number of urea groups is 1. The van der Waals surface area contributed by atoms with Crippen LogP contribution in [0.15, 0.2) is 42.5 Å². The smallest absolute Gasteiger partial charge is 0.317 e. The number of nitrogens with one attached hydrogen (secondary N) is 1. The van der Waals surface area contributed by atoms with Gasteiger partial charge in [0.2, 0.25) is 0 Å². The summed E-state index contributed by atoms with van der Waals surface area (Å²) in [5.74, 6) is -0.552. The first-order valence-electron chi connectivity index (χ1n) is 8.36. The van der Waals surface area contributed by atoms with Crippen molar-refractivity contribution in [2.24, 2.45) is 0 Å². The summed E-state index contributed by atoms with van der Waals surface area (Å²) >= 11 is 1.53. The molecule has 0 aromatic heterocycles. The molecule has 2 aromatic rings. The summed E-state index contributed by atoms with van der Waals surface area (Å²) in [6.45, 7) is 1.31. The van der Waals surface area contributed by atoms with E-state index in [1.807, 2.05) is 0 Å². The predicted octanol–water partition coefficient (Wildman–Crippen LogP) is 4.49. The highest BCUT2D eigenvalue weighted by molar-refractivity contribution is 7.99. The van der Waals surface area contributed by atoms with Crippen molar-refractivity contribution in [2.75, 3.05) is 18.8 Å². The third-order valence-corrected chi connectivity index (χ3v) is 5.60. The number of nitrogens with zero attached hydrogens (tertiary/aromatic N) is 1. The van der Waals surface area contributed by atoms with Gasteiger partial charge in [0.25, 0.3) is 0 Å². The molecule has 0 aliphatic carbocycles. The highest BCUT2D eigenvalue weighted by Crippen LogP contribution is 2.36. The molecule has 0 bridgehead atoms. The summed E-state index contributed by atoms with van der Waals surface area (Å²) in [6, 6.07) is 9.21. The maximum Gasteiger partial charge on any atom is 0.317 e. The van der Waals surface area contributed by atoms with Crippen LogP contribution in [0.3, 0.4) is 0 Å². The second-order valence-corrected chi connectivity index (χ2v) is 7.40. The topological polar surface area (TPSA) is 32.3 Å². The van der Waals surface area contributed by atoms with Crippen LogP contribution < -0.4 is 5.32 Å². The Balaban J connectivity index is 1.56. The lowest BCUT2D eigenvalue weighted by atomic mass is 10.1. The zero-order valence-corrected chi connectivity index (χ0v) is 14.9. The Hall–Kier alpha value is -2.15. The van der Waals surface area contributed by atoms with E-state index in [9.17, 15) is 18.0 Å². The average Bonchev–Trinajstić information content (AvgIpc) is 2.89. The van der Waals surface area contributed by atoms with Gasteiger partial charge in [-0.3, -0.25) is 0 Å². The van der Waals surface area contributed by atoms with Crippen LogP contribution in [0.1, 0.15) is 22.8 Å². The van der Waals surface area contributed by atoms with Crippen molar-refractivity contribution in [3.05, 3.63) is 71.0 Å². The Labute approximate surface area is 154 Å². The number of rotatable bonds is 3. The monoisotopic (exact) mass is 380 g/mol. The first-order chi connectivity index (χ1) is 12.5. The summed E-state index contributed by atoms with van der Waals surface area (Å²) in [7, 11) is 0. The summed E-state index contributed by atoms with van der Waals surface area (Å²) < 4.78 is 40.3. The Kier molecular flexibility index (Phi) is 6.08. The minimum absolute atomic E-state index is 0.180. The van der Waals surface area contributed by atoms with Gasteiger partial charge in [0, 0.05) is 36.2 Å². The standard InChI is InChI=1S/C19H19F3N2OS/c20-14-3-1-13(2-4-14)12-23-19(25)24-8-7-18(26-10-9-24)16-11-15(21)5-6-17(16)22/h1-6,11,18H,7-10,12H2,(H,23,25). The fraction of sp³-hybridized carbons (Fsp3) is 0.316. The summed E-state index contributed by atoms with van der Waals surface area (Å²) in [5.41, 5.74) is 1.16. The number of hydrogen-bond donors (Lipinski definition) is 1. The van der Waals surface area contributed by atoms with Crippen molar-refractivity contribution in [1.82, 2.24) is 10.2 Å². The summed E-state index contributed by atoms with van der Waals surface area (Å²) in [6.07, 6.45) is 0.551. The van der Waals surface area contributed by atoms with E-state index in [2.05, 4.69) is 5.32 Å². The molecule has 3 rings (SSSR count). The van der Waals surface area contributed by atoms with Gasteiger partial charge in [0.1, 0.15) is 17.5 Å². The van der Waals surface area contributed by atoms with Crippen molar-refractivity contribution in [3.63, 3.8) is 0 Å². The molecule has 1 N–H and O–H groups in total. The van der Waals surface area contributed by atoms with Gasteiger partial charge in [0.05, 0.1) is 0 Å². The van der Waals surface area contributed by atoms with E-state index in [-0.39, 0.29) is 17.1 Å². The Bertz CT molecular complexity index is 770. The highest BCUT2D eigenvalue weighted by atomic mass is 32.2. The quantitative estimate of drug-likeness (QED) is 0.851. The first-order valence-corrected chi connectivity index (χ1v) is 9.41. The molecule has 0 spiro atoms. The molecule has 7 heteroatoms. The maximum atomic E-state index is 14.0. The fourth-order valence-corrected chi connectivity index (χ4v) is 4.12. The Morgan fingerprint density at radius 2 is 1.81 bits per heavy atom. The van der Waals surface area contributed by atoms with Crippen molar-refractivity contribution < 1.29 is 18.0 Å². The lowest BCUT2D eigenvalue weighted by Crippen LogP contribution is -2.40. The number of thioether (sulfide) groups is 1. The molecule has 2 aromatic carbocycles. The van der Waals surface area contributed by atoms with Crippen LogP contribution in [0.25, 0.3) is 0 Å². The largest absolute Gasteiger partial charge is 0.334 e. The van der Waals surface area contributed by atoms with E-state index in [4.69, 9.17) is 0 Å². The third-order valence-electron chi connectivity index (χ3n) is 4.29. The molecular formula is C19H19F3N2OS. The van der Waals surface area contributed by atoms with Gasteiger partial charge in [-0.15, -0.1) is 0 Å². The second kappa shape index (κ2) is 8.49. The lowest BCUT2D eigenvalue weighted by Gasteiger charge is -2.21. The van der Waals surface area contributed by atoms with Crippen LogP contribution >= 0.6 is 11.8 Å². The summed E-state index contributed by atoms with van der Waals surface area (Å²) in [5, 5.41) is 2.63. The molecule has 1 aliphatic heterocycles. The highest BCUT2D eigenvalue weighted by Gasteiger charge is 2.24. The molecule has 1 atom stereocenters. The van der Waals surface area contributed by atoms with Crippen molar-refractivity contribution in [1.29, 1.82) is 0 Å². The molecule has 138 valence electrons. The number of carbonyl (C=O) groups excluding carboxylic acids is 1. The number of benzene rings is 2. The molecule has 1 saturated heterocycles. The lowest BCUT2D eigenvalue weighted by molar-refractivity contribution is 0.200. The molecule has 1 fully saturated rings. The predicted molar refractivity (Wildman–Crippen MR) is 96.4 cm³/mol. The molecule has 1 unspecified atom stereocenters. The molecular weight excluding hydrogens is 361 g/mol. The Morgan fingerprint density at radius 3 is 2.58 bits per heavy atom. The number of amides is 2. The van der Waals surface area contributed by atoms with Gasteiger partial charge in [-0.2, -0.15) is 11.8 Å². The van der Waals surface area contributed by atoms with E-state index in [1.165, 1.54) is 30.0 Å². The second-order valence-electron chi connectivity index (χ2n) is 6.09. The molecule has 0 saturated carbocycles. The zero-order valence-electron chi connectivity index (χ0n) is 14.1. The third kappa shape index (κ3) is 4.72. The van der Waals surface area contributed by atoms with E-state index < -0.39 is 11.6 Å². The summed E-state index contributed by atoms with van der Waals surface area (Å²) in [4.78, 5) is 14.0. The van der Waals surface area contributed by atoms with Crippen LogP contribution in [0.2, 0.25) is 0 Å². The first kappa shape index (κ1) is 18.6. The van der Waals surface area contributed by atoms with Crippen molar-refractivity contribution >= 4 is 17.8 Å². The van der Waals surface area contributed by atoms with Gasteiger partial charge in [-0.1, -0.05) is 12.1 Å². The molecule has 2 amide bonds. The molecule has 1 aliphatic rings. The van der Waals surface area contributed by atoms with Gasteiger partial charge in [-0.25, -0.2) is 18.0 Å². The van der Waals surface area contributed by atoms with Gasteiger partial charge in [-0.05, 0) is 42.3 Å². The zero-order chi connectivity index (χ0) is 18.5. The maximum absolute atomic E-state index is 14.0. The number of halogens is 3. The minimum atomic E-state index is -0.458. The average molecular weight is 380 g/mol. The number of hydrogen-bond acceptors (Lipinski definition) is 2. The molecule has 26 heavy (non-hydrogen) atoms. The molecule has 1 heterocycles. The fourth-order valence-electron chi connectivity index (χ4n) is 2.87. The van der Waals surface area contributed by atoms with Crippen molar-refractivity contribution in [2.45, 2.75) is 18.2 Å². The van der Waals surface area contributed by atoms with E-state index in [0.717, 1.165) is 17.7 Å². The van der Waals surface area contributed by atoms with Gasteiger partial charge in [0.15, 0.2) is 0 Å². The van der Waals surface area contributed by atoms with Crippen LogP contribution in [-0.4, -0.2) is 29.8 Å². The van der Waals surface area contributed by atoms with Crippen LogP contribution in [0, 0.1) is 17.5 Å². The van der Waals surface area contributed by atoms with E-state index in [1.54, 1.807) is 17.0 Å². The van der Waals surface area contributed by atoms with E-state index >= 15 is 0 Å². The Morgan fingerprint density at radius 1 is 1.08 bits per heavy atom. The van der Waals surface area contributed by atoms with Gasteiger partial charge >= 0.3 is 6.03 Å². The normalized spacial score (nSPS) is 17.7. The van der Waals surface area contributed by atoms with E-state index in [0.29, 0.717) is 37.4 Å².